The van der Waals surface area contributed by atoms with E-state index < -0.39 is 6.10 Å². The van der Waals surface area contributed by atoms with Crippen molar-refractivity contribution in [3.8, 4) is 0 Å². The molecule has 0 aliphatic rings. The Bertz CT molecular complexity index is 812. The molecule has 0 aromatic carbocycles. The predicted molar refractivity (Wildman–Crippen MR) is 205 cm³/mol. The highest BCUT2D eigenvalue weighted by atomic mass is 16.6. The third-order valence-corrected chi connectivity index (χ3v) is 8.61. The lowest BCUT2D eigenvalue weighted by atomic mass is 10.1. The van der Waals surface area contributed by atoms with Crippen LogP contribution in [0.4, 0.5) is 0 Å². The molecule has 0 aliphatic carbocycles. The Balaban J connectivity index is 3.55. The van der Waals surface area contributed by atoms with Crippen molar-refractivity contribution in [1.29, 1.82) is 0 Å². The first kappa shape index (κ1) is 45.9. The average molecular weight is 673 g/mol. The lowest BCUT2D eigenvalue weighted by Gasteiger charge is -2.15. The van der Waals surface area contributed by atoms with Crippen LogP contribution < -0.4 is 0 Å². The summed E-state index contributed by atoms with van der Waals surface area (Å²) in [4.78, 5) is 24.2. The molecule has 5 heteroatoms. The van der Waals surface area contributed by atoms with Gasteiger partial charge in [-0.3, -0.25) is 9.59 Å². The summed E-state index contributed by atoms with van der Waals surface area (Å²) in [7, 11) is 0. The van der Waals surface area contributed by atoms with Crippen LogP contribution in [0.25, 0.3) is 0 Å². The molecule has 0 spiro atoms. The normalized spacial score (nSPS) is 12.6. The molecular formula is C43H76O5. The molecule has 1 N–H and O–H groups in total. The minimum atomic E-state index is -0.786. The Hall–Kier alpha value is -2.14. The van der Waals surface area contributed by atoms with E-state index in [2.05, 4.69) is 62.5 Å². The van der Waals surface area contributed by atoms with Gasteiger partial charge in [0.05, 0.1) is 6.61 Å². The van der Waals surface area contributed by atoms with Gasteiger partial charge in [0.2, 0.25) is 0 Å². The van der Waals surface area contributed by atoms with Crippen LogP contribution in [0, 0.1) is 0 Å². The number of allylic oxidation sites excluding steroid dienone is 8. The van der Waals surface area contributed by atoms with Gasteiger partial charge in [-0.15, -0.1) is 0 Å². The van der Waals surface area contributed by atoms with Gasteiger partial charge in [0, 0.05) is 12.8 Å². The van der Waals surface area contributed by atoms with Crippen LogP contribution in [-0.4, -0.2) is 36.4 Å². The van der Waals surface area contributed by atoms with Crippen LogP contribution in [0.15, 0.2) is 48.6 Å². The van der Waals surface area contributed by atoms with Gasteiger partial charge in [0.25, 0.3) is 0 Å². The van der Waals surface area contributed by atoms with Crippen molar-refractivity contribution >= 4 is 11.9 Å². The van der Waals surface area contributed by atoms with Gasteiger partial charge in [0.15, 0.2) is 6.10 Å². The van der Waals surface area contributed by atoms with Crippen molar-refractivity contribution in [2.75, 3.05) is 13.2 Å². The zero-order valence-corrected chi connectivity index (χ0v) is 31.5. The number of hydrogen-bond acceptors (Lipinski definition) is 5. The third kappa shape index (κ3) is 36.7. The van der Waals surface area contributed by atoms with Crippen molar-refractivity contribution < 1.29 is 24.2 Å². The van der Waals surface area contributed by atoms with E-state index in [1.807, 2.05) is 0 Å². The van der Waals surface area contributed by atoms with E-state index in [9.17, 15) is 14.7 Å². The number of esters is 2. The summed E-state index contributed by atoms with van der Waals surface area (Å²) in [6.07, 6.45) is 49.0. The molecular weight excluding hydrogens is 596 g/mol. The molecule has 1 atom stereocenters. The summed E-state index contributed by atoms with van der Waals surface area (Å²) in [5.74, 6) is -0.627. The summed E-state index contributed by atoms with van der Waals surface area (Å²) >= 11 is 0. The van der Waals surface area contributed by atoms with Gasteiger partial charge < -0.3 is 14.6 Å². The summed E-state index contributed by atoms with van der Waals surface area (Å²) < 4.78 is 10.6. The fraction of sp³-hybridized carbons (Fsp3) is 0.767. The monoisotopic (exact) mass is 673 g/mol. The number of aliphatic hydroxyl groups excluding tert-OH is 1. The standard InChI is InChI=1S/C43H76O5/c1-3-5-7-9-11-13-15-17-18-19-20-21-22-23-24-26-27-29-31-33-35-37-42(45)47-40-41(39-44)48-43(46)38-36-34-32-30-28-25-16-14-12-10-8-6-4-2/h6,8,12,14,19-20,25,28,41,44H,3-5,7,9-11,13,15-18,21-24,26-27,29-40H2,1-2H3/b8-6-,14-12-,20-19-,28-25-. The van der Waals surface area contributed by atoms with Crippen LogP contribution in [0.5, 0.6) is 0 Å². The molecule has 0 saturated heterocycles. The minimum absolute atomic E-state index is 0.0791. The Morgan fingerprint density at radius 1 is 0.500 bits per heavy atom. The second-order valence-electron chi connectivity index (χ2n) is 13.3. The molecule has 0 bridgehead atoms. The zero-order chi connectivity index (χ0) is 35.0. The van der Waals surface area contributed by atoms with Crippen molar-refractivity contribution in [2.45, 2.75) is 200 Å². The number of unbranched alkanes of at least 4 members (excludes halogenated alkanes) is 20. The summed E-state index contributed by atoms with van der Waals surface area (Å²) in [6.45, 7) is 3.99. The quantitative estimate of drug-likeness (QED) is 0.0407. The molecule has 5 nitrogen and oxygen atoms in total. The molecule has 0 aliphatic heterocycles. The topological polar surface area (TPSA) is 72.8 Å². The van der Waals surface area contributed by atoms with Gasteiger partial charge in [-0.2, -0.15) is 0 Å². The largest absolute Gasteiger partial charge is 0.462 e. The first-order valence-electron chi connectivity index (χ1n) is 20.2. The first-order valence-corrected chi connectivity index (χ1v) is 20.2. The number of carbonyl (C=O) groups excluding carboxylic acids is 2. The van der Waals surface area contributed by atoms with Gasteiger partial charge >= 0.3 is 11.9 Å². The maximum absolute atomic E-state index is 12.1. The molecule has 278 valence electrons. The maximum Gasteiger partial charge on any atom is 0.306 e. The average Bonchev–Trinajstić information content (AvgIpc) is 3.09. The van der Waals surface area contributed by atoms with Gasteiger partial charge in [-0.05, 0) is 70.6 Å². The first-order chi connectivity index (χ1) is 23.6. The van der Waals surface area contributed by atoms with E-state index >= 15 is 0 Å². The van der Waals surface area contributed by atoms with E-state index in [0.29, 0.717) is 12.8 Å². The second kappa shape index (κ2) is 39.3. The van der Waals surface area contributed by atoms with Crippen molar-refractivity contribution in [3.05, 3.63) is 48.6 Å². The smallest absolute Gasteiger partial charge is 0.306 e. The Morgan fingerprint density at radius 2 is 0.896 bits per heavy atom. The Morgan fingerprint density at radius 3 is 1.40 bits per heavy atom. The molecule has 0 aromatic heterocycles. The van der Waals surface area contributed by atoms with E-state index in [1.54, 1.807) is 0 Å². The Kier molecular flexibility index (Phi) is 37.5. The molecule has 1 unspecified atom stereocenters. The minimum Gasteiger partial charge on any atom is -0.462 e. The van der Waals surface area contributed by atoms with Crippen LogP contribution >= 0.6 is 0 Å². The highest BCUT2D eigenvalue weighted by Gasteiger charge is 2.16. The van der Waals surface area contributed by atoms with E-state index in [-0.39, 0.29) is 25.2 Å². The number of rotatable bonds is 36. The number of ether oxygens (including phenoxy) is 2. The van der Waals surface area contributed by atoms with E-state index in [1.165, 1.54) is 103 Å². The lowest BCUT2D eigenvalue weighted by molar-refractivity contribution is -0.161. The zero-order valence-electron chi connectivity index (χ0n) is 31.5. The highest BCUT2D eigenvalue weighted by molar-refractivity contribution is 5.70. The fourth-order valence-corrected chi connectivity index (χ4v) is 5.56. The van der Waals surface area contributed by atoms with Crippen molar-refractivity contribution in [1.82, 2.24) is 0 Å². The molecule has 0 fully saturated rings. The number of aliphatic hydroxyl groups is 1. The summed E-state index contributed by atoms with van der Waals surface area (Å²) in [6, 6.07) is 0. The predicted octanol–water partition coefficient (Wildman–Crippen LogP) is 12.6. The van der Waals surface area contributed by atoms with Crippen LogP contribution in [-0.2, 0) is 19.1 Å². The van der Waals surface area contributed by atoms with Crippen LogP contribution in [0.1, 0.15) is 194 Å². The van der Waals surface area contributed by atoms with Gasteiger partial charge in [-0.1, -0.05) is 159 Å². The molecule has 0 rings (SSSR count). The lowest BCUT2D eigenvalue weighted by Crippen LogP contribution is -2.28. The molecule has 0 aromatic rings. The van der Waals surface area contributed by atoms with E-state index in [4.69, 9.17) is 9.47 Å². The second-order valence-corrected chi connectivity index (χ2v) is 13.3. The van der Waals surface area contributed by atoms with Gasteiger partial charge in [-0.25, -0.2) is 0 Å². The van der Waals surface area contributed by atoms with Crippen molar-refractivity contribution in [2.24, 2.45) is 0 Å². The molecule has 0 saturated carbocycles. The maximum atomic E-state index is 12.1. The van der Waals surface area contributed by atoms with Crippen molar-refractivity contribution in [3.63, 3.8) is 0 Å². The Labute approximate surface area is 297 Å². The third-order valence-electron chi connectivity index (χ3n) is 8.61. The van der Waals surface area contributed by atoms with E-state index in [0.717, 1.165) is 64.2 Å². The van der Waals surface area contributed by atoms with Crippen LogP contribution in [0.3, 0.4) is 0 Å². The number of hydrogen-bond donors (Lipinski definition) is 1. The van der Waals surface area contributed by atoms with Gasteiger partial charge in [0.1, 0.15) is 6.61 Å². The summed E-state index contributed by atoms with van der Waals surface area (Å²) in [5.41, 5.74) is 0. The highest BCUT2D eigenvalue weighted by Crippen LogP contribution is 2.13. The molecule has 0 amide bonds. The molecule has 0 heterocycles. The summed E-state index contributed by atoms with van der Waals surface area (Å²) in [5, 5.41) is 9.54. The SMILES string of the molecule is CC/C=C\C/C=C\C/C=C\CCCCCC(=O)OC(CO)COC(=O)CCCCCCCCCCC/C=C\CCCCCCCCCC. The molecule has 0 radical (unpaired) electrons. The van der Waals surface area contributed by atoms with Crippen LogP contribution in [0.2, 0.25) is 0 Å². The number of carbonyl (C=O) groups is 2. The molecule has 48 heavy (non-hydrogen) atoms. The fourth-order valence-electron chi connectivity index (χ4n) is 5.56.